The molecule has 0 aliphatic heterocycles. The highest BCUT2D eigenvalue weighted by atomic mass is 35.5. The first-order chi connectivity index (χ1) is 5.79. The predicted octanol–water partition coefficient (Wildman–Crippen LogP) is 3.20. The monoisotopic (exact) mass is 177 g/mol. The topological polar surface area (TPSA) is 12.9 Å². The van der Waals surface area contributed by atoms with Gasteiger partial charge in [-0.3, -0.25) is 4.98 Å². The summed E-state index contributed by atoms with van der Waals surface area (Å²) in [7, 11) is 0. The fourth-order valence-electron chi connectivity index (χ4n) is 1.28. The third kappa shape index (κ3) is 1.07. The zero-order chi connectivity index (χ0) is 8.55. The van der Waals surface area contributed by atoms with Crippen LogP contribution in [0.1, 0.15) is 5.56 Å². The molecule has 1 aromatic carbocycles. The molecule has 0 bridgehead atoms. The van der Waals surface area contributed by atoms with Gasteiger partial charge >= 0.3 is 0 Å². The van der Waals surface area contributed by atoms with E-state index in [0.29, 0.717) is 0 Å². The van der Waals surface area contributed by atoms with Gasteiger partial charge in [-0.1, -0.05) is 17.7 Å². The van der Waals surface area contributed by atoms with Crippen LogP contribution in [-0.4, -0.2) is 4.98 Å². The van der Waals surface area contributed by atoms with Gasteiger partial charge in [-0.2, -0.15) is 0 Å². The molecule has 0 saturated heterocycles. The number of hydrogen-bond acceptors (Lipinski definition) is 1. The molecule has 0 N–H and O–H groups in total. The molecule has 0 spiro atoms. The van der Waals surface area contributed by atoms with Crippen molar-refractivity contribution < 1.29 is 0 Å². The van der Waals surface area contributed by atoms with Crippen LogP contribution in [0, 0.1) is 6.92 Å². The highest BCUT2D eigenvalue weighted by molar-refractivity contribution is 6.32. The highest BCUT2D eigenvalue weighted by Crippen LogP contribution is 2.23. The Bertz CT molecular complexity index is 423. The minimum atomic E-state index is 0.801. The lowest BCUT2D eigenvalue weighted by Gasteiger charge is -2.01. The number of aryl methyl sites for hydroxylation is 1. The van der Waals surface area contributed by atoms with Gasteiger partial charge in [0.25, 0.3) is 0 Å². The molecule has 1 nitrogen and oxygen atoms in total. The number of fused-ring (bicyclic) bond motifs is 1. The number of hydrogen-bond donors (Lipinski definition) is 0. The summed E-state index contributed by atoms with van der Waals surface area (Å²) in [5, 5.41) is 3.12. The van der Waals surface area contributed by atoms with E-state index in [1.54, 1.807) is 6.20 Å². The minimum absolute atomic E-state index is 0.801. The molecule has 12 heavy (non-hydrogen) atoms. The summed E-state index contributed by atoms with van der Waals surface area (Å²) in [5.74, 6) is 0. The SMILES string of the molecule is Cc1c(Cl)ccc2ccncc12. The van der Waals surface area contributed by atoms with E-state index < -0.39 is 0 Å². The summed E-state index contributed by atoms with van der Waals surface area (Å²) in [6.45, 7) is 2.01. The van der Waals surface area contributed by atoms with Crippen molar-refractivity contribution in [3.05, 3.63) is 41.2 Å². The first-order valence-corrected chi connectivity index (χ1v) is 4.15. The third-order valence-corrected chi connectivity index (χ3v) is 2.44. The second-order valence-electron chi connectivity index (χ2n) is 2.77. The van der Waals surface area contributed by atoms with Gasteiger partial charge in [0.05, 0.1) is 0 Å². The minimum Gasteiger partial charge on any atom is -0.264 e. The molecule has 0 amide bonds. The smallest absolute Gasteiger partial charge is 0.0442 e. The molecule has 0 radical (unpaired) electrons. The number of benzene rings is 1. The van der Waals surface area contributed by atoms with Crippen molar-refractivity contribution in [3.8, 4) is 0 Å². The Hall–Kier alpha value is -1.08. The first-order valence-electron chi connectivity index (χ1n) is 3.78. The van der Waals surface area contributed by atoms with Crippen LogP contribution in [0.2, 0.25) is 5.02 Å². The Kier molecular flexibility index (Phi) is 1.74. The van der Waals surface area contributed by atoms with Crippen molar-refractivity contribution in [3.63, 3.8) is 0 Å². The van der Waals surface area contributed by atoms with E-state index in [2.05, 4.69) is 4.98 Å². The van der Waals surface area contributed by atoms with Crippen molar-refractivity contribution >= 4 is 22.4 Å². The maximum Gasteiger partial charge on any atom is 0.0442 e. The Morgan fingerprint density at radius 2 is 2.08 bits per heavy atom. The summed E-state index contributed by atoms with van der Waals surface area (Å²) in [6.07, 6.45) is 3.63. The molecule has 0 aliphatic rings. The molecule has 60 valence electrons. The second kappa shape index (κ2) is 2.76. The lowest BCUT2D eigenvalue weighted by Crippen LogP contribution is -1.80. The van der Waals surface area contributed by atoms with E-state index in [0.717, 1.165) is 16.0 Å². The second-order valence-corrected chi connectivity index (χ2v) is 3.18. The van der Waals surface area contributed by atoms with E-state index in [4.69, 9.17) is 11.6 Å². The largest absolute Gasteiger partial charge is 0.264 e. The lowest BCUT2D eigenvalue weighted by atomic mass is 10.1. The van der Waals surface area contributed by atoms with Crippen LogP contribution in [0.5, 0.6) is 0 Å². The van der Waals surface area contributed by atoms with E-state index in [9.17, 15) is 0 Å². The molecule has 0 fully saturated rings. The third-order valence-electron chi connectivity index (χ3n) is 2.03. The summed E-state index contributed by atoms with van der Waals surface area (Å²) in [5.41, 5.74) is 1.10. The van der Waals surface area contributed by atoms with Gasteiger partial charge in [-0.05, 0) is 30.0 Å². The number of aromatic nitrogens is 1. The van der Waals surface area contributed by atoms with Gasteiger partial charge < -0.3 is 0 Å². The fraction of sp³-hybridized carbons (Fsp3) is 0.100. The predicted molar refractivity (Wildman–Crippen MR) is 51.5 cm³/mol. The summed E-state index contributed by atoms with van der Waals surface area (Å²) >= 11 is 5.96. The molecule has 1 aromatic heterocycles. The molecule has 2 aromatic rings. The number of halogens is 1. The van der Waals surface area contributed by atoms with Crippen LogP contribution in [0.15, 0.2) is 30.6 Å². The van der Waals surface area contributed by atoms with Gasteiger partial charge in [0, 0.05) is 22.8 Å². The number of rotatable bonds is 0. The molecule has 0 saturated carbocycles. The Balaban J connectivity index is 2.91. The van der Waals surface area contributed by atoms with Crippen LogP contribution in [0.25, 0.3) is 10.8 Å². The standard InChI is InChI=1S/C10H8ClN/c1-7-9-6-12-5-4-8(9)2-3-10(7)11/h2-6H,1H3. The average molecular weight is 178 g/mol. The Morgan fingerprint density at radius 3 is 2.92 bits per heavy atom. The van der Waals surface area contributed by atoms with Crippen molar-refractivity contribution in [1.82, 2.24) is 4.98 Å². The molecule has 0 aliphatic carbocycles. The van der Waals surface area contributed by atoms with Crippen molar-refractivity contribution in [2.45, 2.75) is 6.92 Å². The molecule has 1 heterocycles. The summed E-state index contributed by atoms with van der Waals surface area (Å²) in [6, 6.07) is 5.91. The van der Waals surface area contributed by atoms with Gasteiger partial charge in [0.15, 0.2) is 0 Å². The molecule has 2 heteroatoms. The van der Waals surface area contributed by atoms with Gasteiger partial charge in [0.1, 0.15) is 0 Å². The number of nitrogens with zero attached hydrogens (tertiary/aromatic N) is 1. The van der Waals surface area contributed by atoms with Crippen LogP contribution in [0.4, 0.5) is 0 Å². The fourth-order valence-corrected chi connectivity index (χ4v) is 1.45. The molecular weight excluding hydrogens is 170 g/mol. The molecule has 2 rings (SSSR count). The van der Waals surface area contributed by atoms with E-state index in [1.807, 2.05) is 31.3 Å². The van der Waals surface area contributed by atoms with Gasteiger partial charge in [-0.25, -0.2) is 0 Å². The quantitative estimate of drug-likeness (QED) is 0.602. The Labute approximate surface area is 76.0 Å². The summed E-state index contributed by atoms with van der Waals surface area (Å²) in [4.78, 5) is 4.06. The lowest BCUT2D eigenvalue weighted by molar-refractivity contribution is 1.35. The van der Waals surface area contributed by atoms with Gasteiger partial charge in [0.2, 0.25) is 0 Å². The summed E-state index contributed by atoms with van der Waals surface area (Å²) < 4.78 is 0. The maximum absolute atomic E-state index is 5.96. The zero-order valence-corrected chi connectivity index (χ0v) is 7.47. The molecule has 0 atom stereocenters. The molecule has 0 unspecified atom stereocenters. The first kappa shape index (κ1) is 7.56. The van der Waals surface area contributed by atoms with E-state index in [1.165, 1.54) is 5.39 Å². The van der Waals surface area contributed by atoms with Crippen molar-refractivity contribution in [2.75, 3.05) is 0 Å². The van der Waals surface area contributed by atoms with Crippen LogP contribution in [0.3, 0.4) is 0 Å². The maximum atomic E-state index is 5.96. The van der Waals surface area contributed by atoms with E-state index >= 15 is 0 Å². The Morgan fingerprint density at radius 1 is 1.25 bits per heavy atom. The average Bonchev–Trinajstić information content (AvgIpc) is 2.12. The highest BCUT2D eigenvalue weighted by Gasteiger charge is 1.99. The van der Waals surface area contributed by atoms with Crippen molar-refractivity contribution in [1.29, 1.82) is 0 Å². The van der Waals surface area contributed by atoms with Crippen LogP contribution in [-0.2, 0) is 0 Å². The van der Waals surface area contributed by atoms with E-state index in [-0.39, 0.29) is 0 Å². The van der Waals surface area contributed by atoms with Crippen molar-refractivity contribution in [2.24, 2.45) is 0 Å². The zero-order valence-electron chi connectivity index (χ0n) is 6.71. The molecular formula is C10H8ClN. The van der Waals surface area contributed by atoms with Crippen LogP contribution < -0.4 is 0 Å². The number of pyridine rings is 1. The van der Waals surface area contributed by atoms with Gasteiger partial charge in [-0.15, -0.1) is 0 Å². The van der Waals surface area contributed by atoms with Crippen LogP contribution >= 0.6 is 11.6 Å². The normalized spacial score (nSPS) is 10.5.